The third kappa shape index (κ3) is 2.02. The Hall–Kier alpha value is -0.470. The first-order chi connectivity index (χ1) is 5.42. The van der Waals surface area contributed by atoms with Gasteiger partial charge in [0, 0.05) is 24.7 Å². The second-order valence-electron chi connectivity index (χ2n) is 3.85. The Labute approximate surface area is 71.1 Å². The van der Waals surface area contributed by atoms with Crippen molar-refractivity contribution in [2.24, 2.45) is 11.8 Å². The first kappa shape index (κ1) is 9.62. The van der Waals surface area contributed by atoms with E-state index in [4.69, 9.17) is 0 Å². The van der Waals surface area contributed by atoms with E-state index < -0.39 is 5.92 Å². The van der Waals surface area contributed by atoms with Gasteiger partial charge in [-0.2, -0.15) is 0 Å². The van der Waals surface area contributed by atoms with Crippen LogP contribution in [-0.2, 0) is 4.79 Å². The van der Waals surface area contributed by atoms with Crippen LogP contribution in [0.3, 0.4) is 0 Å². The molecule has 0 aromatic rings. The summed E-state index contributed by atoms with van der Waals surface area (Å²) in [6, 6.07) is 0. The Kier molecular flexibility index (Phi) is 2.49. The molecule has 1 nitrogen and oxygen atoms in total. The molecule has 70 valence electrons. The molecule has 1 saturated carbocycles. The van der Waals surface area contributed by atoms with Crippen molar-refractivity contribution in [1.82, 2.24) is 0 Å². The fourth-order valence-corrected chi connectivity index (χ4v) is 1.66. The average Bonchev–Trinajstić information content (AvgIpc) is 2.28. The zero-order valence-corrected chi connectivity index (χ0v) is 7.44. The highest BCUT2D eigenvalue weighted by atomic mass is 19.3. The van der Waals surface area contributed by atoms with E-state index in [2.05, 4.69) is 0 Å². The smallest absolute Gasteiger partial charge is 0.248 e. The third-order valence-corrected chi connectivity index (χ3v) is 2.38. The van der Waals surface area contributed by atoms with Crippen molar-refractivity contribution >= 4 is 5.78 Å². The summed E-state index contributed by atoms with van der Waals surface area (Å²) in [4.78, 5) is 11.3. The van der Waals surface area contributed by atoms with Crippen molar-refractivity contribution in [3.8, 4) is 0 Å². The second kappa shape index (κ2) is 3.11. The van der Waals surface area contributed by atoms with Gasteiger partial charge >= 0.3 is 0 Å². The quantitative estimate of drug-likeness (QED) is 0.632. The Balaban J connectivity index is 2.53. The maximum Gasteiger partial charge on any atom is 0.248 e. The van der Waals surface area contributed by atoms with Crippen molar-refractivity contribution in [3.63, 3.8) is 0 Å². The molecule has 0 N–H and O–H groups in total. The molecule has 0 amide bonds. The highest BCUT2D eigenvalue weighted by molar-refractivity contribution is 5.83. The largest absolute Gasteiger partial charge is 0.299 e. The molecule has 1 aliphatic carbocycles. The fourth-order valence-electron chi connectivity index (χ4n) is 1.66. The lowest BCUT2D eigenvalue weighted by molar-refractivity contribution is -0.126. The molecule has 0 spiro atoms. The lowest BCUT2D eigenvalue weighted by Crippen LogP contribution is -2.19. The van der Waals surface area contributed by atoms with Crippen molar-refractivity contribution < 1.29 is 13.6 Å². The second-order valence-corrected chi connectivity index (χ2v) is 3.85. The van der Waals surface area contributed by atoms with E-state index in [1.807, 2.05) is 0 Å². The van der Waals surface area contributed by atoms with Gasteiger partial charge in [0.05, 0.1) is 0 Å². The molecule has 0 radical (unpaired) electrons. The van der Waals surface area contributed by atoms with Crippen LogP contribution in [0.25, 0.3) is 0 Å². The number of carbonyl (C=O) groups is 1. The molecule has 0 aliphatic heterocycles. The molecule has 0 unspecified atom stereocenters. The maximum absolute atomic E-state index is 12.7. The molecule has 0 bridgehead atoms. The summed E-state index contributed by atoms with van der Waals surface area (Å²) < 4.78 is 25.3. The molecule has 0 saturated heterocycles. The molecule has 12 heavy (non-hydrogen) atoms. The summed E-state index contributed by atoms with van der Waals surface area (Å²) in [5.41, 5.74) is 0. The lowest BCUT2D eigenvalue weighted by atomic mass is 9.94. The van der Waals surface area contributed by atoms with Crippen LogP contribution in [0.5, 0.6) is 0 Å². The van der Waals surface area contributed by atoms with Gasteiger partial charge in [-0.15, -0.1) is 0 Å². The predicted molar refractivity (Wildman–Crippen MR) is 42.1 cm³/mol. The summed E-state index contributed by atoms with van der Waals surface area (Å²) in [6.07, 6.45) is 0.0180. The summed E-state index contributed by atoms with van der Waals surface area (Å²) in [5.74, 6) is -3.09. The van der Waals surface area contributed by atoms with E-state index in [1.165, 1.54) is 0 Å². The number of hydrogen-bond donors (Lipinski definition) is 0. The van der Waals surface area contributed by atoms with Gasteiger partial charge in [0.15, 0.2) is 0 Å². The van der Waals surface area contributed by atoms with Crippen LogP contribution >= 0.6 is 0 Å². The van der Waals surface area contributed by atoms with E-state index in [0.29, 0.717) is 6.42 Å². The van der Waals surface area contributed by atoms with Crippen molar-refractivity contribution in [1.29, 1.82) is 0 Å². The van der Waals surface area contributed by atoms with Gasteiger partial charge in [0.2, 0.25) is 5.92 Å². The molecular weight excluding hydrogens is 162 g/mol. The number of carbonyl (C=O) groups excluding carboxylic acids is 1. The number of ketones is 1. The van der Waals surface area contributed by atoms with Crippen LogP contribution < -0.4 is 0 Å². The highest BCUT2D eigenvalue weighted by Crippen LogP contribution is 2.39. The summed E-state index contributed by atoms with van der Waals surface area (Å²) in [7, 11) is 0. The summed E-state index contributed by atoms with van der Waals surface area (Å²) >= 11 is 0. The van der Waals surface area contributed by atoms with E-state index in [1.54, 1.807) is 13.8 Å². The van der Waals surface area contributed by atoms with E-state index in [-0.39, 0.29) is 30.5 Å². The Morgan fingerprint density at radius 3 is 2.42 bits per heavy atom. The zero-order chi connectivity index (χ0) is 9.35. The van der Waals surface area contributed by atoms with Gasteiger partial charge < -0.3 is 0 Å². The van der Waals surface area contributed by atoms with E-state index in [9.17, 15) is 13.6 Å². The van der Waals surface area contributed by atoms with Crippen LogP contribution in [0.1, 0.15) is 33.1 Å². The highest BCUT2D eigenvalue weighted by Gasteiger charge is 2.42. The number of alkyl halides is 2. The van der Waals surface area contributed by atoms with Crippen LogP contribution in [0.15, 0.2) is 0 Å². The Morgan fingerprint density at radius 1 is 1.50 bits per heavy atom. The minimum atomic E-state index is -2.59. The van der Waals surface area contributed by atoms with Gasteiger partial charge in [-0.3, -0.25) is 4.79 Å². The lowest BCUT2D eigenvalue weighted by Gasteiger charge is -2.11. The van der Waals surface area contributed by atoms with Crippen molar-refractivity contribution in [2.75, 3.05) is 0 Å². The molecule has 0 aromatic carbocycles. The molecule has 1 atom stereocenters. The summed E-state index contributed by atoms with van der Waals surface area (Å²) in [6.45, 7) is 3.53. The van der Waals surface area contributed by atoms with E-state index >= 15 is 0 Å². The number of rotatable bonds is 2. The standard InChI is InChI=1S/C9H14F2O/c1-6(2)8(12)7-3-4-9(10,11)5-7/h6-7H,3-5H2,1-2H3/t7-/m0/s1. The monoisotopic (exact) mass is 176 g/mol. The molecule has 1 rings (SSSR count). The van der Waals surface area contributed by atoms with Crippen LogP contribution in [0.4, 0.5) is 8.78 Å². The normalized spacial score (nSPS) is 27.9. The number of Topliss-reactive ketones (excluding diaryl/α,β-unsaturated/α-hetero) is 1. The van der Waals surface area contributed by atoms with Crippen molar-refractivity contribution in [2.45, 2.75) is 39.0 Å². The SMILES string of the molecule is CC(C)C(=O)[C@H]1CCC(F)(F)C1. The maximum atomic E-state index is 12.7. The Morgan fingerprint density at radius 2 is 2.08 bits per heavy atom. The first-order valence-electron chi connectivity index (χ1n) is 4.34. The summed E-state index contributed by atoms with van der Waals surface area (Å²) in [5, 5.41) is 0. The minimum absolute atomic E-state index is 0.00725. The van der Waals surface area contributed by atoms with Crippen molar-refractivity contribution in [3.05, 3.63) is 0 Å². The van der Waals surface area contributed by atoms with Crippen LogP contribution in [-0.4, -0.2) is 11.7 Å². The zero-order valence-electron chi connectivity index (χ0n) is 7.44. The van der Waals surface area contributed by atoms with Crippen LogP contribution in [0.2, 0.25) is 0 Å². The Bertz CT molecular complexity index is 187. The molecule has 1 aliphatic rings. The third-order valence-electron chi connectivity index (χ3n) is 2.38. The molecule has 3 heteroatoms. The average molecular weight is 176 g/mol. The predicted octanol–water partition coefficient (Wildman–Crippen LogP) is 2.65. The van der Waals surface area contributed by atoms with E-state index in [0.717, 1.165) is 0 Å². The van der Waals surface area contributed by atoms with Gasteiger partial charge in [0.25, 0.3) is 0 Å². The van der Waals surface area contributed by atoms with Gasteiger partial charge in [0.1, 0.15) is 5.78 Å². The molecule has 1 fully saturated rings. The number of hydrogen-bond acceptors (Lipinski definition) is 1. The van der Waals surface area contributed by atoms with Gasteiger partial charge in [-0.05, 0) is 6.42 Å². The molecule has 0 aromatic heterocycles. The fraction of sp³-hybridized carbons (Fsp3) is 0.889. The van der Waals surface area contributed by atoms with Gasteiger partial charge in [-0.1, -0.05) is 13.8 Å². The number of halogens is 2. The first-order valence-corrected chi connectivity index (χ1v) is 4.34. The van der Waals surface area contributed by atoms with Gasteiger partial charge in [-0.25, -0.2) is 8.78 Å². The topological polar surface area (TPSA) is 17.1 Å². The molecule has 0 heterocycles. The minimum Gasteiger partial charge on any atom is -0.299 e. The molecular formula is C9H14F2O. The van der Waals surface area contributed by atoms with Crippen LogP contribution in [0, 0.1) is 11.8 Å².